The predicted molar refractivity (Wildman–Crippen MR) is 122 cm³/mol. The minimum atomic E-state index is -0.382. The molecule has 0 bridgehead atoms. The molecule has 2 N–H and O–H groups in total. The monoisotopic (exact) mass is 423 g/mol. The highest BCUT2D eigenvalue weighted by Crippen LogP contribution is 2.39. The van der Waals surface area contributed by atoms with Gasteiger partial charge < -0.3 is 15.2 Å². The van der Waals surface area contributed by atoms with Crippen molar-refractivity contribution in [3.8, 4) is 11.1 Å². The molecule has 2 aliphatic carbocycles. The summed E-state index contributed by atoms with van der Waals surface area (Å²) in [5.41, 5.74) is 3.95. The van der Waals surface area contributed by atoms with Gasteiger partial charge in [-0.25, -0.2) is 8.78 Å². The lowest BCUT2D eigenvalue weighted by molar-refractivity contribution is 0.196. The summed E-state index contributed by atoms with van der Waals surface area (Å²) < 4.78 is 29.6. The van der Waals surface area contributed by atoms with Gasteiger partial charge >= 0.3 is 0 Å². The van der Waals surface area contributed by atoms with E-state index >= 15 is 4.39 Å². The quantitative estimate of drug-likeness (QED) is 0.586. The highest BCUT2D eigenvalue weighted by Gasteiger charge is 2.29. The first kappa shape index (κ1) is 20.7. The van der Waals surface area contributed by atoms with Gasteiger partial charge in [-0.3, -0.25) is 0 Å². The first-order valence-electron chi connectivity index (χ1n) is 11.5. The van der Waals surface area contributed by atoms with Crippen molar-refractivity contribution in [3.05, 3.63) is 59.3 Å². The van der Waals surface area contributed by atoms with E-state index in [-0.39, 0.29) is 11.6 Å². The van der Waals surface area contributed by atoms with Crippen LogP contribution in [0.15, 0.2) is 36.4 Å². The van der Waals surface area contributed by atoms with Gasteiger partial charge in [0.05, 0.1) is 0 Å². The van der Waals surface area contributed by atoms with Crippen molar-refractivity contribution in [2.24, 2.45) is 0 Å². The second kappa shape index (κ2) is 8.36. The summed E-state index contributed by atoms with van der Waals surface area (Å²) in [6.45, 7) is 0. The minimum absolute atomic E-state index is 0.337. The predicted octanol–water partition coefficient (Wildman–Crippen LogP) is 5.43. The first-order chi connectivity index (χ1) is 15.0. The number of fused-ring (bicyclic) bond motifs is 3. The number of hydrogen-bond acceptors (Lipinski definition) is 2. The van der Waals surface area contributed by atoms with Crippen LogP contribution in [0, 0.1) is 11.6 Å². The van der Waals surface area contributed by atoms with E-state index in [0.717, 1.165) is 35.7 Å². The molecule has 2 aromatic carbocycles. The summed E-state index contributed by atoms with van der Waals surface area (Å²) in [5, 5.41) is 4.75. The fourth-order valence-corrected chi connectivity index (χ4v) is 5.65. The lowest BCUT2D eigenvalue weighted by atomic mass is 9.86. The molecule has 1 atom stereocenters. The zero-order valence-electron chi connectivity index (χ0n) is 18.3. The average molecular weight is 424 g/mol. The van der Waals surface area contributed by atoms with Gasteiger partial charge in [0.15, 0.2) is 0 Å². The maximum atomic E-state index is 15.0. The fourth-order valence-electron chi connectivity index (χ4n) is 5.65. The molecule has 1 unspecified atom stereocenters. The SMILES string of the molecule is CN(C)C1CCC(NC2CCc3[nH]c4ccc(F)c(-c5ccccc5F)c4c3C2)CC1. The maximum Gasteiger partial charge on any atom is 0.131 e. The van der Waals surface area contributed by atoms with Gasteiger partial charge in [0.25, 0.3) is 0 Å². The van der Waals surface area contributed by atoms with Gasteiger partial charge in [-0.1, -0.05) is 18.2 Å². The smallest absolute Gasteiger partial charge is 0.131 e. The Balaban J connectivity index is 1.43. The molecule has 1 fully saturated rings. The number of benzene rings is 2. The molecule has 1 heterocycles. The van der Waals surface area contributed by atoms with E-state index in [2.05, 4.69) is 29.3 Å². The molecule has 1 aromatic heterocycles. The van der Waals surface area contributed by atoms with Gasteiger partial charge in [-0.2, -0.15) is 0 Å². The van der Waals surface area contributed by atoms with Crippen molar-refractivity contribution < 1.29 is 8.78 Å². The standard InChI is InChI=1S/C26H31F2N3/c1-31(2)18-10-7-16(8-11-18)29-17-9-13-23-20(15-17)26-24(30-23)14-12-22(28)25(26)19-5-3-4-6-21(19)27/h3-6,12,14,16-18,29-30H,7-11,13,15H2,1-2H3. The Kier molecular flexibility index (Phi) is 5.57. The number of nitrogens with zero attached hydrogens (tertiary/aromatic N) is 1. The van der Waals surface area contributed by atoms with Crippen LogP contribution in [0.25, 0.3) is 22.0 Å². The maximum absolute atomic E-state index is 15.0. The zero-order valence-corrected chi connectivity index (χ0v) is 18.3. The summed E-state index contributed by atoms with van der Waals surface area (Å²) in [4.78, 5) is 5.83. The molecule has 164 valence electrons. The van der Waals surface area contributed by atoms with Crippen LogP contribution in [0.2, 0.25) is 0 Å². The van der Waals surface area contributed by atoms with Crippen molar-refractivity contribution >= 4 is 10.9 Å². The van der Waals surface area contributed by atoms with Crippen LogP contribution < -0.4 is 5.32 Å². The number of aromatic amines is 1. The lowest BCUT2D eigenvalue weighted by Crippen LogP contribution is -2.45. The van der Waals surface area contributed by atoms with Crippen LogP contribution in [0.3, 0.4) is 0 Å². The molecule has 3 aromatic rings. The van der Waals surface area contributed by atoms with Crippen molar-refractivity contribution in [2.75, 3.05) is 14.1 Å². The highest BCUT2D eigenvalue weighted by molar-refractivity contribution is 5.99. The van der Waals surface area contributed by atoms with E-state index in [0.29, 0.717) is 29.3 Å². The molecule has 0 amide bonds. The number of hydrogen-bond donors (Lipinski definition) is 2. The summed E-state index contributed by atoms with van der Waals surface area (Å²) in [6, 6.07) is 11.4. The third-order valence-corrected chi connectivity index (χ3v) is 7.34. The number of halogens is 2. The van der Waals surface area contributed by atoms with Gasteiger partial charge in [0.1, 0.15) is 11.6 Å². The number of aromatic nitrogens is 1. The Hall–Kier alpha value is -2.24. The number of rotatable bonds is 4. The molecule has 5 heteroatoms. The summed E-state index contributed by atoms with van der Waals surface area (Å²) in [5.74, 6) is -0.747. The second-order valence-corrected chi connectivity index (χ2v) is 9.48. The van der Waals surface area contributed by atoms with E-state index in [4.69, 9.17) is 0 Å². The van der Waals surface area contributed by atoms with E-state index in [1.165, 1.54) is 43.5 Å². The molecule has 2 aliphatic rings. The van der Waals surface area contributed by atoms with E-state index < -0.39 is 0 Å². The number of nitrogens with one attached hydrogen (secondary N) is 2. The zero-order chi connectivity index (χ0) is 21.5. The third-order valence-electron chi connectivity index (χ3n) is 7.34. The van der Waals surface area contributed by atoms with Crippen molar-refractivity contribution in [2.45, 2.75) is 63.1 Å². The summed E-state index contributed by atoms with van der Waals surface area (Å²) in [6.07, 6.45) is 7.74. The van der Waals surface area contributed by atoms with Gasteiger partial charge in [-0.15, -0.1) is 0 Å². The molecule has 0 saturated heterocycles. The van der Waals surface area contributed by atoms with Crippen molar-refractivity contribution in [1.29, 1.82) is 0 Å². The molecule has 0 spiro atoms. The summed E-state index contributed by atoms with van der Waals surface area (Å²) in [7, 11) is 4.34. The Labute approximate surface area is 182 Å². The van der Waals surface area contributed by atoms with Crippen molar-refractivity contribution in [1.82, 2.24) is 15.2 Å². The van der Waals surface area contributed by atoms with E-state index in [1.54, 1.807) is 24.3 Å². The number of H-pyrrole nitrogens is 1. The molecule has 3 nitrogen and oxygen atoms in total. The number of aryl methyl sites for hydroxylation is 1. The average Bonchev–Trinajstić information content (AvgIpc) is 3.13. The van der Waals surface area contributed by atoms with Crippen molar-refractivity contribution in [3.63, 3.8) is 0 Å². The van der Waals surface area contributed by atoms with Crippen LogP contribution in [0.1, 0.15) is 43.4 Å². The van der Waals surface area contributed by atoms with Gasteiger partial charge in [0.2, 0.25) is 0 Å². The third kappa shape index (κ3) is 3.90. The molecule has 5 rings (SSSR count). The highest BCUT2D eigenvalue weighted by atomic mass is 19.1. The van der Waals surface area contributed by atoms with E-state index in [9.17, 15) is 4.39 Å². The van der Waals surface area contributed by atoms with Crippen LogP contribution in [-0.4, -0.2) is 42.1 Å². The van der Waals surface area contributed by atoms with Crippen LogP contribution in [0.5, 0.6) is 0 Å². The molecule has 1 saturated carbocycles. The second-order valence-electron chi connectivity index (χ2n) is 9.48. The van der Waals surface area contributed by atoms with Gasteiger partial charge in [-0.05, 0) is 82.8 Å². The molecule has 0 radical (unpaired) electrons. The Morgan fingerprint density at radius 3 is 2.42 bits per heavy atom. The topological polar surface area (TPSA) is 31.1 Å². The molecule has 31 heavy (non-hydrogen) atoms. The first-order valence-corrected chi connectivity index (χ1v) is 11.5. The summed E-state index contributed by atoms with van der Waals surface area (Å²) >= 11 is 0. The van der Waals surface area contributed by atoms with Gasteiger partial charge in [0, 0.05) is 45.8 Å². The van der Waals surface area contributed by atoms with E-state index in [1.807, 2.05) is 0 Å². The van der Waals surface area contributed by atoms with Crippen LogP contribution >= 0.6 is 0 Å². The Morgan fingerprint density at radius 1 is 0.903 bits per heavy atom. The Morgan fingerprint density at radius 2 is 1.68 bits per heavy atom. The lowest BCUT2D eigenvalue weighted by Gasteiger charge is -2.36. The fraction of sp³-hybridized carbons (Fsp3) is 0.462. The van der Waals surface area contributed by atoms with Crippen LogP contribution in [0.4, 0.5) is 8.78 Å². The normalized spacial score (nSPS) is 24.0. The molecular weight excluding hydrogens is 392 g/mol. The Bertz CT molecular complexity index is 1080. The molecule has 0 aliphatic heterocycles. The largest absolute Gasteiger partial charge is 0.358 e. The van der Waals surface area contributed by atoms with Crippen LogP contribution in [-0.2, 0) is 12.8 Å². The molecular formula is C26H31F2N3. The minimum Gasteiger partial charge on any atom is -0.358 e.